The Morgan fingerprint density at radius 1 is 1.00 bits per heavy atom. The van der Waals surface area contributed by atoms with Gasteiger partial charge in [-0.3, -0.25) is 9.69 Å². The molecule has 1 aliphatic heterocycles. The number of hydrogen-bond acceptors (Lipinski definition) is 4. The smallest absolute Gasteiger partial charge is 0.267 e. The lowest BCUT2D eigenvalue weighted by atomic mass is 9.83. The minimum Gasteiger partial charge on any atom is -0.369 e. The van der Waals surface area contributed by atoms with Crippen molar-refractivity contribution < 1.29 is 4.79 Å². The topological polar surface area (TPSA) is 76.5 Å². The summed E-state index contributed by atoms with van der Waals surface area (Å²) in [7, 11) is 1.89. The molecule has 6 heteroatoms. The second-order valence-electron chi connectivity index (χ2n) is 6.26. The molecule has 2 aromatic carbocycles. The van der Waals surface area contributed by atoms with E-state index in [0.717, 1.165) is 17.0 Å². The third-order valence-electron chi connectivity index (χ3n) is 4.72. The fourth-order valence-electron chi connectivity index (χ4n) is 3.32. The van der Waals surface area contributed by atoms with E-state index in [9.17, 15) is 4.79 Å². The van der Waals surface area contributed by atoms with Crippen LogP contribution in [0, 0.1) is 0 Å². The second-order valence-corrected chi connectivity index (χ2v) is 6.26. The van der Waals surface area contributed by atoms with Gasteiger partial charge in [-0.1, -0.05) is 60.7 Å². The Bertz CT molecular complexity index is 923. The van der Waals surface area contributed by atoms with Crippen molar-refractivity contribution in [1.82, 2.24) is 14.5 Å². The predicted octanol–water partition coefficient (Wildman–Crippen LogP) is 2.02. The van der Waals surface area contributed by atoms with Crippen molar-refractivity contribution in [3.8, 4) is 0 Å². The Kier molecular flexibility index (Phi) is 3.80. The summed E-state index contributed by atoms with van der Waals surface area (Å²) in [5, 5.41) is 0. The van der Waals surface area contributed by atoms with E-state index in [4.69, 9.17) is 5.73 Å². The zero-order chi connectivity index (χ0) is 18.1. The number of nitrogens with zero attached hydrogens (tertiary/aromatic N) is 4. The van der Waals surface area contributed by atoms with Crippen LogP contribution in [0.4, 0.5) is 0 Å². The van der Waals surface area contributed by atoms with Gasteiger partial charge < -0.3 is 10.3 Å². The Balaban J connectivity index is 1.83. The van der Waals surface area contributed by atoms with Crippen LogP contribution < -0.4 is 5.73 Å². The van der Waals surface area contributed by atoms with Crippen LogP contribution >= 0.6 is 0 Å². The molecular formula is C20H19N5O. The van der Waals surface area contributed by atoms with Crippen LogP contribution in [0.5, 0.6) is 0 Å². The van der Waals surface area contributed by atoms with E-state index < -0.39 is 5.54 Å². The van der Waals surface area contributed by atoms with Crippen molar-refractivity contribution in [1.29, 1.82) is 0 Å². The Morgan fingerprint density at radius 2 is 1.58 bits per heavy atom. The van der Waals surface area contributed by atoms with E-state index in [1.165, 1.54) is 4.90 Å². The largest absolute Gasteiger partial charge is 0.369 e. The lowest BCUT2D eigenvalue weighted by molar-refractivity contribution is -0.130. The van der Waals surface area contributed by atoms with Crippen LogP contribution in [-0.2, 0) is 23.9 Å². The SMILES string of the molecule is Cn1ccnc1CN1C(=O)C(c2ccccc2)(c2ccccc2)N=C1N. The zero-order valence-electron chi connectivity index (χ0n) is 14.4. The van der Waals surface area contributed by atoms with Crippen molar-refractivity contribution in [2.75, 3.05) is 0 Å². The van der Waals surface area contributed by atoms with E-state index in [1.807, 2.05) is 78.5 Å². The number of aliphatic imine (C=N–C) groups is 1. The molecule has 1 aliphatic rings. The van der Waals surface area contributed by atoms with Gasteiger partial charge in [-0.15, -0.1) is 0 Å². The maximum atomic E-state index is 13.6. The number of aromatic nitrogens is 2. The van der Waals surface area contributed by atoms with Crippen LogP contribution in [-0.4, -0.2) is 26.3 Å². The Labute approximate surface area is 151 Å². The highest BCUT2D eigenvalue weighted by Gasteiger charge is 2.50. The van der Waals surface area contributed by atoms with Crippen molar-refractivity contribution >= 4 is 11.9 Å². The molecule has 2 N–H and O–H groups in total. The maximum Gasteiger partial charge on any atom is 0.267 e. The Hall–Kier alpha value is -3.41. The molecule has 0 aliphatic carbocycles. The number of nitrogens with two attached hydrogens (primary N) is 1. The number of benzene rings is 2. The molecule has 0 saturated heterocycles. The molecule has 0 radical (unpaired) electrons. The summed E-state index contributed by atoms with van der Waals surface area (Å²) >= 11 is 0. The van der Waals surface area contributed by atoms with Crippen LogP contribution in [0.2, 0.25) is 0 Å². The molecule has 2 heterocycles. The van der Waals surface area contributed by atoms with Gasteiger partial charge in [0, 0.05) is 19.4 Å². The molecule has 0 fully saturated rings. The zero-order valence-corrected chi connectivity index (χ0v) is 14.4. The Morgan fingerprint density at radius 3 is 2.08 bits per heavy atom. The summed E-state index contributed by atoms with van der Waals surface area (Å²) < 4.78 is 1.87. The number of hydrogen-bond donors (Lipinski definition) is 1. The van der Waals surface area contributed by atoms with Gasteiger partial charge in [0.1, 0.15) is 5.82 Å². The summed E-state index contributed by atoms with van der Waals surface area (Å²) in [5.74, 6) is 0.773. The van der Waals surface area contributed by atoms with E-state index in [-0.39, 0.29) is 18.4 Å². The lowest BCUT2D eigenvalue weighted by Gasteiger charge is -2.27. The highest BCUT2D eigenvalue weighted by molar-refractivity contribution is 6.09. The highest BCUT2D eigenvalue weighted by atomic mass is 16.2. The van der Waals surface area contributed by atoms with Crippen molar-refractivity contribution in [3.63, 3.8) is 0 Å². The van der Waals surface area contributed by atoms with Gasteiger partial charge in [-0.25, -0.2) is 9.98 Å². The monoisotopic (exact) mass is 345 g/mol. The first-order valence-corrected chi connectivity index (χ1v) is 8.37. The average Bonchev–Trinajstić information content (AvgIpc) is 3.20. The summed E-state index contributed by atoms with van der Waals surface area (Å²) in [6.45, 7) is 0.277. The number of aryl methyl sites for hydroxylation is 1. The maximum absolute atomic E-state index is 13.6. The van der Waals surface area contributed by atoms with Gasteiger partial charge in [0.2, 0.25) is 0 Å². The number of carbonyl (C=O) groups is 1. The normalized spacial score (nSPS) is 16.0. The minimum absolute atomic E-state index is 0.171. The lowest BCUT2D eigenvalue weighted by Crippen LogP contribution is -2.43. The van der Waals surface area contributed by atoms with Crippen molar-refractivity contribution in [2.24, 2.45) is 17.8 Å². The molecule has 1 aromatic heterocycles. The molecular weight excluding hydrogens is 326 g/mol. The molecule has 26 heavy (non-hydrogen) atoms. The van der Waals surface area contributed by atoms with Crippen LogP contribution in [0.25, 0.3) is 0 Å². The van der Waals surface area contributed by atoms with Gasteiger partial charge in [-0.2, -0.15) is 0 Å². The molecule has 0 saturated carbocycles. The van der Waals surface area contributed by atoms with Gasteiger partial charge >= 0.3 is 0 Å². The molecule has 3 aromatic rings. The number of guanidine groups is 1. The summed E-state index contributed by atoms with van der Waals surface area (Å²) in [4.78, 5) is 24.0. The molecule has 0 atom stereocenters. The third kappa shape index (κ3) is 2.38. The first kappa shape index (κ1) is 16.1. The molecule has 1 amide bonds. The molecule has 130 valence electrons. The van der Waals surface area contributed by atoms with Crippen LogP contribution in [0.1, 0.15) is 17.0 Å². The van der Waals surface area contributed by atoms with Gasteiger partial charge in [-0.05, 0) is 11.1 Å². The second kappa shape index (κ2) is 6.15. The highest BCUT2D eigenvalue weighted by Crippen LogP contribution is 2.39. The fraction of sp³-hybridized carbons (Fsp3) is 0.150. The molecule has 4 rings (SSSR count). The van der Waals surface area contributed by atoms with Crippen molar-refractivity contribution in [2.45, 2.75) is 12.1 Å². The fourth-order valence-corrected chi connectivity index (χ4v) is 3.32. The predicted molar refractivity (Wildman–Crippen MR) is 99.0 cm³/mol. The van der Waals surface area contributed by atoms with Crippen LogP contribution in [0.3, 0.4) is 0 Å². The molecule has 0 spiro atoms. The summed E-state index contributed by atoms with van der Waals surface area (Å²) in [5.41, 5.74) is 6.62. The number of amides is 1. The first-order valence-electron chi connectivity index (χ1n) is 8.37. The van der Waals surface area contributed by atoms with Gasteiger partial charge in [0.25, 0.3) is 5.91 Å². The third-order valence-corrected chi connectivity index (χ3v) is 4.72. The number of rotatable bonds is 4. The van der Waals surface area contributed by atoms with Crippen LogP contribution in [0.15, 0.2) is 78.0 Å². The molecule has 0 unspecified atom stereocenters. The minimum atomic E-state index is -1.17. The molecule has 0 bridgehead atoms. The summed E-state index contributed by atoms with van der Waals surface area (Å²) in [6.07, 6.45) is 3.54. The number of imidazole rings is 1. The van der Waals surface area contributed by atoms with E-state index in [0.29, 0.717) is 0 Å². The quantitative estimate of drug-likeness (QED) is 0.786. The first-order chi connectivity index (χ1) is 12.6. The van der Waals surface area contributed by atoms with E-state index in [1.54, 1.807) is 6.20 Å². The molecule has 6 nitrogen and oxygen atoms in total. The number of carbonyl (C=O) groups excluding carboxylic acids is 1. The summed E-state index contributed by atoms with van der Waals surface area (Å²) in [6, 6.07) is 19.1. The van der Waals surface area contributed by atoms with Gasteiger partial charge in [0.05, 0.1) is 6.54 Å². The van der Waals surface area contributed by atoms with E-state index in [2.05, 4.69) is 9.98 Å². The van der Waals surface area contributed by atoms with Gasteiger partial charge in [0.15, 0.2) is 11.5 Å². The standard InChI is InChI=1S/C20H19N5O/c1-24-13-12-22-17(24)14-25-18(26)20(23-19(25)21,15-8-4-2-5-9-15)16-10-6-3-7-11-16/h2-13H,14H2,1H3,(H2,21,23). The average molecular weight is 345 g/mol. The van der Waals surface area contributed by atoms with E-state index >= 15 is 0 Å². The van der Waals surface area contributed by atoms with Crippen molar-refractivity contribution in [3.05, 3.63) is 90.0 Å².